The van der Waals surface area contributed by atoms with Crippen molar-refractivity contribution in [1.82, 2.24) is 5.32 Å². The van der Waals surface area contributed by atoms with Crippen LogP contribution in [0.4, 0.5) is 0 Å². The van der Waals surface area contributed by atoms with Crippen molar-refractivity contribution in [3.8, 4) is 11.1 Å². The van der Waals surface area contributed by atoms with Crippen LogP contribution in [0.15, 0.2) is 72.8 Å². The third-order valence-electron chi connectivity index (χ3n) is 5.97. The van der Waals surface area contributed by atoms with E-state index in [9.17, 15) is 9.59 Å². The lowest BCUT2D eigenvalue weighted by Gasteiger charge is -2.22. The molecular formula is C28H32N2O3. The van der Waals surface area contributed by atoms with Gasteiger partial charge in [0.2, 0.25) is 0 Å². The average molecular weight is 445 g/mol. The normalized spacial score (nSPS) is 12.9. The van der Waals surface area contributed by atoms with Crippen LogP contribution in [0.3, 0.4) is 0 Å². The van der Waals surface area contributed by atoms with Crippen molar-refractivity contribution in [1.29, 1.82) is 0 Å². The highest BCUT2D eigenvalue weighted by molar-refractivity contribution is 5.94. The molecule has 4 N–H and O–H groups in total. The number of hydrogen-bond acceptors (Lipinski definition) is 3. The molecule has 0 aliphatic heterocycles. The third kappa shape index (κ3) is 6.53. The van der Waals surface area contributed by atoms with Crippen LogP contribution >= 0.6 is 0 Å². The number of aliphatic carboxylic acids is 1. The Morgan fingerprint density at radius 1 is 0.939 bits per heavy atom. The molecule has 0 aromatic heterocycles. The molecule has 0 fully saturated rings. The molecule has 0 unspecified atom stereocenters. The Kier molecular flexibility index (Phi) is 8.01. The molecule has 2 atom stereocenters. The number of benzene rings is 3. The smallest absolute Gasteiger partial charge is 0.320 e. The summed E-state index contributed by atoms with van der Waals surface area (Å²) in [5.74, 6) is -0.641. The zero-order chi connectivity index (χ0) is 24.0. The number of carbonyl (C=O) groups is 2. The molecule has 5 heteroatoms. The van der Waals surface area contributed by atoms with Gasteiger partial charge in [-0.25, -0.2) is 0 Å². The number of carboxylic acids is 1. The fourth-order valence-corrected chi connectivity index (χ4v) is 3.92. The zero-order valence-corrected chi connectivity index (χ0v) is 19.4. The number of amides is 1. The summed E-state index contributed by atoms with van der Waals surface area (Å²) in [6.45, 7) is 6.94. The maximum atomic E-state index is 12.7. The van der Waals surface area contributed by atoms with Crippen LogP contribution in [0.1, 0.15) is 46.8 Å². The van der Waals surface area contributed by atoms with Crippen molar-refractivity contribution in [2.24, 2.45) is 11.7 Å². The van der Waals surface area contributed by atoms with Gasteiger partial charge < -0.3 is 16.2 Å². The minimum Gasteiger partial charge on any atom is -0.480 e. The Hall–Kier alpha value is -3.44. The topological polar surface area (TPSA) is 92.4 Å². The second-order valence-electron chi connectivity index (χ2n) is 8.90. The average Bonchev–Trinajstić information content (AvgIpc) is 2.79. The van der Waals surface area contributed by atoms with Crippen molar-refractivity contribution in [2.75, 3.05) is 6.54 Å². The molecule has 5 nitrogen and oxygen atoms in total. The maximum Gasteiger partial charge on any atom is 0.320 e. The fourth-order valence-electron chi connectivity index (χ4n) is 3.92. The van der Waals surface area contributed by atoms with Gasteiger partial charge in [-0.1, -0.05) is 80.1 Å². The van der Waals surface area contributed by atoms with Crippen molar-refractivity contribution in [3.63, 3.8) is 0 Å². The van der Waals surface area contributed by atoms with Gasteiger partial charge in [-0.15, -0.1) is 0 Å². The summed E-state index contributed by atoms with van der Waals surface area (Å²) in [5, 5.41) is 12.0. The molecule has 0 aliphatic carbocycles. The summed E-state index contributed by atoms with van der Waals surface area (Å²) in [5.41, 5.74) is 11.7. The molecular weight excluding hydrogens is 412 g/mol. The number of nitrogens with two attached hydrogens (primary N) is 1. The second kappa shape index (κ2) is 10.9. The van der Waals surface area contributed by atoms with E-state index in [-0.39, 0.29) is 18.2 Å². The molecule has 3 aromatic rings. The molecule has 0 bridgehead atoms. The summed E-state index contributed by atoms with van der Waals surface area (Å²) in [7, 11) is 0. The molecule has 0 spiro atoms. The van der Waals surface area contributed by atoms with Gasteiger partial charge in [-0.3, -0.25) is 9.59 Å². The van der Waals surface area contributed by atoms with Crippen LogP contribution in [0.2, 0.25) is 0 Å². The van der Waals surface area contributed by atoms with E-state index in [1.54, 1.807) is 24.3 Å². The van der Waals surface area contributed by atoms with E-state index in [0.29, 0.717) is 18.0 Å². The van der Waals surface area contributed by atoms with Gasteiger partial charge in [0.15, 0.2) is 0 Å². The second-order valence-corrected chi connectivity index (χ2v) is 8.90. The van der Waals surface area contributed by atoms with Crippen LogP contribution in [0.5, 0.6) is 0 Å². The molecule has 0 aliphatic rings. The Bertz CT molecular complexity index is 1090. The quantitative estimate of drug-likeness (QED) is 0.443. The number of aryl methyl sites for hydroxylation is 1. The molecule has 1 amide bonds. The maximum absolute atomic E-state index is 12.7. The minimum atomic E-state index is -1.04. The van der Waals surface area contributed by atoms with Crippen molar-refractivity contribution >= 4 is 11.9 Å². The van der Waals surface area contributed by atoms with Gasteiger partial charge >= 0.3 is 5.97 Å². The monoisotopic (exact) mass is 444 g/mol. The number of rotatable bonds is 9. The van der Waals surface area contributed by atoms with E-state index in [2.05, 4.69) is 74.6 Å². The number of carboxylic acid groups (broad SMARTS) is 1. The van der Waals surface area contributed by atoms with E-state index in [4.69, 9.17) is 10.8 Å². The van der Waals surface area contributed by atoms with Crippen LogP contribution < -0.4 is 11.1 Å². The van der Waals surface area contributed by atoms with E-state index in [1.165, 1.54) is 22.3 Å². The van der Waals surface area contributed by atoms with Gasteiger partial charge in [0.05, 0.1) is 0 Å². The van der Waals surface area contributed by atoms with E-state index >= 15 is 0 Å². The van der Waals surface area contributed by atoms with Gasteiger partial charge in [0.1, 0.15) is 6.04 Å². The summed E-state index contributed by atoms with van der Waals surface area (Å²) in [6.07, 6.45) is 0.227. The first kappa shape index (κ1) is 24.2. The number of carbonyl (C=O) groups excluding carboxylic acids is 1. The summed E-state index contributed by atoms with van der Waals surface area (Å²) >= 11 is 0. The van der Waals surface area contributed by atoms with Crippen LogP contribution in [-0.2, 0) is 11.2 Å². The van der Waals surface area contributed by atoms with Crippen LogP contribution in [0, 0.1) is 12.8 Å². The largest absolute Gasteiger partial charge is 0.480 e. The molecule has 0 radical (unpaired) electrons. The highest BCUT2D eigenvalue weighted by Crippen LogP contribution is 2.27. The van der Waals surface area contributed by atoms with Gasteiger partial charge in [-0.05, 0) is 53.6 Å². The predicted molar refractivity (Wildman–Crippen MR) is 132 cm³/mol. The highest BCUT2D eigenvalue weighted by Gasteiger charge is 2.18. The van der Waals surface area contributed by atoms with E-state index in [1.807, 2.05) is 0 Å². The van der Waals surface area contributed by atoms with Crippen LogP contribution in [0.25, 0.3) is 11.1 Å². The summed E-state index contributed by atoms with van der Waals surface area (Å²) in [6, 6.07) is 23.0. The zero-order valence-electron chi connectivity index (χ0n) is 19.4. The van der Waals surface area contributed by atoms with Crippen molar-refractivity contribution < 1.29 is 14.7 Å². The lowest BCUT2D eigenvalue weighted by atomic mass is 9.87. The summed E-state index contributed by atoms with van der Waals surface area (Å²) in [4.78, 5) is 23.6. The first-order valence-electron chi connectivity index (χ1n) is 11.3. The molecule has 3 aromatic carbocycles. The molecule has 0 saturated heterocycles. The van der Waals surface area contributed by atoms with Gasteiger partial charge in [-0.2, -0.15) is 0 Å². The lowest BCUT2D eigenvalue weighted by molar-refractivity contribution is -0.138. The Labute approximate surface area is 195 Å². The standard InChI is InChI=1S/C28H32N2O3/c1-18(2)25(22-13-11-21(12-14-22)24-6-4-5-19(3)15-24)17-30-27(31)23-9-7-20(8-10-23)16-26(29)28(32)33/h4-15,18,25-26H,16-17,29H2,1-3H3,(H,30,31)(H,32,33)/t25-,26+/m1/s1. The summed E-state index contributed by atoms with van der Waals surface area (Å²) < 4.78 is 0. The Morgan fingerprint density at radius 3 is 2.18 bits per heavy atom. The molecule has 0 heterocycles. The van der Waals surface area contributed by atoms with Crippen molar-refractivity contribution in [3.05, 3.63) is 95.1 Å². The Balaban J connectivity index is 1.64. The fraction of sp³-hybridized carbons (Fsp3) is 0.286. The molecule has 172 valence electrons. The Morgan fingerprint density at radius 2 is 1.61 bits per heavy atom. The van der Waals surface area contributed by atoms with Crippen LogP contribution in [-0.4, -0.2) is 29.6 Å². The molecule has 33 heavy (non-hydrogen) atoms. The first-order chi connectivity index (χ1) is 15.7. The van der Waals surface area contributed by atoms with Gasteiger partial charge in [0.25, 0.3) is 5.91 Å². The van der Waals surface area contributed by atoms with Crippen molar-refractivity contribution in [2.45, 2.75) is 39.2 Å². The highest BCUT2D eigenvalue weighted by atomic mass is 16.4. The van der Waals surface area contributed by atoms with E-state index in [0.717, 1.165) is 5.56 Å². The van der Waals surface area contributed by atoms with Gasteiger partial charge in [0, 0.05) is 18.0 Å². The predicted octanol–water partition coefficient (Wildman–Crippen LogP) is 4.79. The minimum absolute atomic E-state index is 0.147. The van der Waals surface area contributed by atoms with E-state index < -0.39 is 12.0 Å². The lowest BCUT2D eigenvalue weighted by Crippen LogP contribution is -2.32. The SMILES string of the molecule is Cc1cccc(-c2ccc([C@H](CNC(=O)c3ccc(C[C@H](N)C(=O)O)cc3)C(C)C)cc2)c1. The molecule has 3 rings (SSSR count). The first-order valence-corrected chi connectivity index (χ1v) is 11.3. The number of nitrogens with one attached hydrogen (secondary N) is 1. The number of hydrogen-bond donors (Lipinski definition) is 3. The third-order valence-corrected chi connectivity index (χ3v) is 5.97. The molecule has 0 saturated carbocycles.